The van der Waals surface area contributed by atoms with E-state index in [0.717, 1.165) is 67.7 Å². The molecule has 1 aliphatic carbocycles. The van der Waals surface area contributed by atoms with E-state index in [4.69, 9.17) is 15.0 Å². The van der Waals surface area contributed by atoms with Crippen molar-refractivity contribution < 1.29 is 25.5 Å². The van der Waals surface area contributed by atoms with E-state index >= 15 is 0 Å². The van der Waals surface area contributed by atoms with E-state index in [1.165, 1.54) is 0 Å². The zero-order valence-electron chi connectivity index (χ0n) is 29.1. The summed E-state index contributed by atoms with van der Waals surface area (Å²) in [6.45, 7) is 0. The summed E-state index contributed by atoms with van der Waals surface area (Å²) >= 11 is 0. The number of para-hydroxylation sites is 3. The molecular weight excluding hydrogens is 691 g/mol. The summed E-state index contributed by atoms with van der Waals surface area (Å²) in [5, 5.41) is 55.8. The van der Waals surface area contributed by atoms with E-state index in [-0.39, 0.29) is 11.1 Å². The summed E-state index contributed by atoms with van der Waals surface area (Å²) in [4.78, 5) is 15.1. The van der Waals surface area contributed by atoms with E-state index in [0.29, 0.717) is 23.2 Å². The van der Waals surface area contributed by atoms with Gasteiger partial charge in [-0.3, -0.25) is 4.57 Å². The van der Waals surface area contributed by atoms with Gasteiger partial charge in [0.1, 0.15) is 0 Å². The molecule has 10 heteroatoms. The molecule has 55 heavy (non-hydrogen) atoms. The zero-order chi connectivity index (χ0) is 37.4. The quantitative estimate of drug-likeness (QED) is 0.0871. The molecule has 0 saturated carbocycles. The summed E-state index contributed by atoms with van der Waals surface area (Å²) in [5.41, 5.74) is 6.64. The molecule has 266 valence electrons. The fourth-order valence-electron chi connectivity index (χ4n) is 7.82. The van der Waals surface area contributed by atoms with Crippen LogP contribution in [0.4, 0.5) is 0 Å². The van der Waals surface area contributed by atoms with Gasteiger partial charge in [0.15, 0.2) is 23.1 Å². The Kier molecular flexibility index (Phi) is 7.14. The summed E-state index contributed by atoms with van der Waals surface area (Å²) in [5.74, 6) is -3.11. The first-order valence-electron chi connectivity index (χ1n) is 17.8. The number of hydrogen-bond donors (Lipinski definition) is 5. The Labute approximate surface area is 313 Å². The summed E-state index contributed by atoms with van der Waals surface area (Å²) in [6, 6.07) is 38.1. The second kappa shape index (κ2) is 12.2. The predicted molar refractivity (Wildman–Crippen MR) is 214 cm³/mol. The first-order chi connectivity index (χ1) is 26.9. The van der Waals surface area contributed by atoms with Crippen molar-refractivity contribution in [2.24, 2.45) is 0 Å². The molecule has 0 radical (unpaired) electrons. The molecule has 5 N–H and O–H groups in total. The maximum Gasteiger partial charge on any atom is 0.238 e. The molecule has 9 aromatic rings. The van der Waals surface area contributed by atoms with E-state index in [2.05, 4.69) is 94.1 Å². The second-order valence-electron chi connectivity index (χ2n) is 13.5. The first kappa shape index (κ1) is 32.1. The van der Waals surface area contributed by atoms with Gasteiger partial charge in [0.2, 0.25) is 23.2 Å². The molecule has 10 nitrogen and oxygen atoms in total. The maximum atomic E-state index is 10.6. The van der Waals surface area contributed by atoms with E-state index in [1.807, 2.05) is 24.3 Å². The Balaban J connectivity index is 1.23. The van der Waals surface area contributed by atoms with Gasteiger partial charge in [-0.2, -0.15) is 9.97 Å². The van der Waals surface area contributed by atoms with Crippen molar-refractivity contribution in [2.45, 2.75) is 12.8 Å². The summed E-state index contributed by atoms with van der Waals surface area (Å²) in [7, 11) is 0. The van der Waals surface area contributed by atoms with Gasteiger partial charge in [0, 0.05) is 38.4 Å². The number of rotatable bonds is 5. The highest BCUT2D eigenvalue weighted by molar-refractivity contribution is 6.26. The summed E-state index contributed by atoms with van der Waals surface area (Å²) in [6.07, 6.45) is 8.03. The Bertz CT molecular complexity index is 3060. The van der Waals surface area contributed by atoms with Crippen LogP contribution in [0, 0.1) is 0 Å². The normalized spacial score (nSPS) is 13.0. The number of hydrogen-bond acceptors (Lipinski definition) is 8. The minimum atomic E-state index is -1.01. The second-order valence-corrected chi connectivity index (χ2v) is 13.5. The van der Waals surface area contributed by atoms with Crippen LogP contribution in [0.15, 0.2) is 133 Å². The molecule has 0 spiro atoms. The largest absolute Gasteiger partial charge is 0.504 e. The molecule has 0 bridgehead atoms. The molecule has 3 aromatic heterocycles. The van der Waals surface area contributed by atoms with Crippen LogP contribution in [-0.2, 0) is 0 Å². The van der Waals surface area contributed by atoms with E-state index in [1.54, 1.807) is 24.3 Å². The lowest BCUT2D eigenvalue weighted by Gasteiger charge is -2.14. The SMILES string of the molecule is Oc1c(O)c(O)c(-c2ccc(-c3nc(C4=CCCC=C4)nc(-n4c5ccccc5c5c4ccc4c6ccccc6n(-c6ccccc6)c45)n3)cc2)c(O)c1O. The molecule has 6 aromatic carbocycles. The highest BCUT2D eigenvalue weighted by Crippen LogP contribution is 2.54. The fourth-order valence-corrected chi connectivity index (χ4v) is 7.82. The molecule has 0 atom stereocenters. The molecule has 0 fully saturated rings. The van der Waals surface area contributed by atoms with Gasteiger partial charge in [0.25, 0.3) is 0 Å². The van der Waals surface area contributed by atoms with Gasteiger partial charge in [-0.1, -0.05) is 103 Å². The topological polar surface area (TPSA) is 150 Å². The number of phenols is 5. The Morgan fingerprint density at radius 2 is 1.09 bits per heavy atom. The lowest BCUT2D eigenvalue weighted by atomic mass is 10.00. The van der Waals surface area contributed by atoms with Crippen molar-refractivity contribution in [3.63, 3.8) is 0 Å². The minimum absolute atomic E-state index is 0.238. The van der Waals surface area contributed by atoms with Crippen molar-refractivity contribution in [3.8, 4) is 62.9 Å². The maximum absolute atomic E-state index is 10.6. The van der Waals surface area contributed by atoms with Gasteiger partial charge < -0.3 is 30.1 Å². The van der Waals surface area contributed by atoms with Gasteiger partial charge in [-0.25, -0.2) is 4.98 Å². The van der Waals surface area contributed by atoms with Gasteiger partial charge in [-0.15, -0.1) is 0 Å². The lowest BCUT2D eigenvalue weighted by Crippen LogP contribution is -2.08. The van der Waals surface area contributed by atoms with Gasteiger partial charge >= 0.3 is 0 Å². The van der Waals surface area contributed by atoms with Crippen LogP contribution in [0.25, 0.3) is 83.3 Å². The monoisotopic (exact) mass is 721 g/mol. The van der Waals surface area contributed by atoms with Gasteiger partial charge in [0.05, 0.1) is 27.6 Å². The number of allylic oxidation sites excluding steroid dienone is 4. The Hall–Kier alpha value is -7.59. The minimum Gasteiger partial charge on any atom is -0.504 e. The fraction of sp³-hybridized carbons (Fsp3) is 0.0444. The van der Waals surface area contributed by atoms with Crippen molar-refractivity contribution in [2.75, 3.05) is 0 Å². The van der Waals surface area contributed by atoms with Crippen LogP contribution in [0.5, 0.6) is 28.7 Å². The van der Waals surface area contributed by atoms with Crippen molar-refractivity contribution in [1.82, 2.24) is 24.1 Å². The third-order valence-corrected chi connectivity index (χ3v) is 10.4. The predicted octanol–water partition coefficient (Wildman–Crippen LogP) is 9.66. The smallest absolute Gasteiger partial charge is 0.238 e. The standard InChI is InChI=1S/C45H31N5O5/c51-38-35(39(52)41(54)42(55)40(38)53)25-19-21-27(22-20-25)44-46-43(26-11-3-1-4-12-26)47-45(48-44)50-33-18-10-8-16-31(33)36-34(50)24-23-30-29-15-7-9-17-32(29)49(37(30)36)28-13-5-2-6-14-28/h2-3,5-24,51-55H,1,4H2. The van der Waals surface area contributed by atoms with Crippen LogP contribution in [-0.4, -0.2) is 49.6 Å². The van der Waals surface area contributed by atoms with Crippen LogP contribution < -0.4 is 0 Å². The number of fused-ring (bicyclic) bond motifs is 7. The van der Waals surface area contributed by atoms with Crippen LogP contribution in [0.1, 0.15) is 18.7 Å². The molecular formula is C45H31N5O5. The highest BCUT2D eigenvalue weighted by Gasteiger charge is 2.26. The van der Waals surface area contributed by atoms with Crippen molar-refractivity contribution in [1.29, 1.82) is 0 Å². The van der Waals surface area contributed by atoms with Crippen molar-refractivity contribution >= 4 is 49.2 Å². The average molecular weight is 722 g/mol. The summed E-state index contributed by atoms with van der Waals surface area (Å²) < 4.78 is 4.42. The van der Waals surface area contributed by atoms with Crippen molar-refractivity contribution in [3.05, 3.63) is 139 Å². The third kappa shape index (κ3) is 4.85. The number of nitrogens with zero attached hydrogens (tertiary/aromatic N) is 5. The van der Waals surface area contributed by atoms with Crippen LogP contribution in [0.2, 0.25) is 0 Å². The van der Waals surface area contributed by atoms with E-state index in [9.17, 15) is 25.5 Å². The molecule has 0 aliphatic heterocycles. The molecule has 0 unspecified atom stereocenters. The average Bonchev–Trinajstić information content (AvgIpc) is 3.76. The molecule has 3 heterocycles. The van der Waals surface area contributed by atoms with Crippen LogP contribution >= 0.6 is 0 Å². The zero-order valence-corrected chi connectivity index (χ0v) is 29.1. The number of aromatic nitrogens is 5. The number of benzene rings is 6. The number of aromatic hydroxyl groups is 5. The van der Waals surface area contributed by atoms with E-state index < -0.39 is 28.7 Å². The Morgan fingerprint density at radius 1 is 0.473 bits per heavy atom. The molecule has 0 amide bonds. The molecule has 0 saturated heterocycles. The highest BCUT2D eigenvalue weighted by atomic mass is 16.4. The Morgan fingerprint density at radius 3 is 1.80 bits per heavy atom. The molecule has 1 aliphatic rings. The van der Waals surface area contributed by atoms with Gasteiger partial charge in [-0.05, 0) is 48.7 Å². The van der Waals surface area contributed by atoms with Crippen LogP contribution in [0.3, 0.4) is 0 Å². The number of phenolic OH excluding ortho intramolecular Hbond substituents is 5. The molecule has 10 rings (SSSR count). The third-order valence-electron chi connectivity index (χ3n) is 10.4. The first-order valence-corrected chi connectivity index (χ1v) is 17.8. The lowest BCUT2D eigenvalue weighted by molar-refractivity contribution is 0.330.